The number of hydrogen-bond acceptors (Lipinski definition) is 5. The third-order valence-electron chi connectivity index (χ3n) is 3.77. The van der Waals surface area contributed by atoms with Gasteiger partial charge in [0.1, 0.15) is 0 Å². The van der Waals surface area contributed by atoms with E-state index in [4.69, 9.17) is 10.3 Å². The minimum absolute atomic E-state index is 0.0738. The lowest BCUT2D eigenvalue weighted by Gasteiger charge is -2.29. The van der Waals surface area contributed by atoms with Gasteiger partial charge in [0.25, 0.3) is 0 Å². The smallest absolute Gasteiger partial charge is 0.241 e. The van der Waals surface area contributed by atoms with Gasteiger partial charge < -0.3 is 10.3 Å². The summed E-state index contributed by atoms with van der Waals surface area (Å²) in [6, 6.07) is 9.71. The Morgan fingerprint density at radius 3 is 2.95 bits per heavy atom. The number of nitrogens with two attached hydrogens (primary N) is 1. The fourth-order valence-corrected chi connectivity index (χ4v) is 2.65. The Hall–Kier alpha value is -2.21. The summed E-state index contributed by atoms with van der Waals surface area (Å²) < 4.78 is 5.30. The van der Waals surface area contributed by atoms with Crippen LogP contribution in [0, 0.1) is 5.92 Å². The Kier molecular flexibility index (Phi) is 3.96. The van der Waals surface area contributed by atoms with Crippen LogP contribution in [-0.2, 0) is 11.3 Å². The maximum atomic E-state index is 11.3. The van der Waals surface area contributed by atoms with Crippen LogP contribution in [0.15, 0.2) is 34.9 Å². The van der Waals surface area contributed by atoms with Crippen LogP contribution >= 0.6 is 0 Å². The molecule has 1 saturated heterocycles. The molecule has 6 nitrogen and oxygen atoms in total. The average Bonchev–Trinajstić information content (AvgIpc) is 2.97. The molecule has 2 N–H and O–H groups in total. The van der Waals surface area contributed by atoms with E-state index in [2.05, 4.69) is 15.0 Å². The van der Waals surface area contributed by atoms with E-state index in [1.165, 1.54) is 0 Å². The standard InChI is InChI=1S/C15H18N4O2/c16-14(20)12-7-4-8-19(9-12)10-13-17-15(18-21-13)11-5-2-1-3-6-11/h1-3,5-6,12H,4,7-10H2,(H2,16,20)/t12-/m0/s1. The Balaban J connectivity index is 1.66. The zero-order valence-corrected chi connectivity index (χ0v) is 11.7. The molecule has 21 heavy (non-hydrogen) atoms. The largest absolute Gasteiger partial charge is 0.369 e. The molecular weight excluding hydrogens is 268 g/mol. The minimum atomic E-state index is -0.227. The number of carbonyl (C=O) groups excluding carboxylic acids is 1. The first-order valence-electron chi connectivity index (χ1n) is 7.12. The van der Waals surface area contributed by atoms with Gasteiger partial charge in [0, 0.05) is 12.1 Å². The lowest BCUT2D eigenvalue weighted by Crippen LogP contribution is -2.40. The van der Waals surface area contributed by atoms with Gasteiger partial charge in [0.05, 0.1) is 12.5 Å². The van der Waals surface area contributed by atoms with Gasteiger partial charge in [-0.3, -0.25) is 9.69 Å². The molecule has 1 fully saturated rings. The number of primary amides is 1. The van der Waals surface area contributed by atoms with Gasteiger partial charge >= 0.3 is 0 Å². The van der Waals surface area contributed by atoms with Crippen LogP contribution in [0.4, 0.5) is 0 Å². The van der Waals surface area contributed by atoms with E-state index in [0.717, 1.165) is 24.9 Å². The second-order valence-electron chi connectivity index (χ2n) is 5.35. The van der Waals surface area contributed by atoms with Crippen LogP contribution < -0.4 is 5.73 Å². The van der Waals surface area contributed by atoms with Crippen LogP contribution in [0.2, 0.25) is 0 Å². The van der Waals surface area contributed by atoms with E-state index >= 15 is 0 Å². The Labute approximate surface area is 122 Å². The third kappa shape index (κ3) is 3.28. The number of aromatic nitrogens is 2. The molecule has 0 bridgehead atoms. The van der Waals surface area contributed by atoms with Crippen molar-refractivity contribution in [3.05, 3.63) is 36.2 Å². The van der Waals surface area contributed by atoms with Crippen LogP contribution in [-0.4, -0.2) is 34.0 Å². The quantitative estimate of drug-likeness (QED) is 0.919. The highest BCUT2D eigenvalue weighted by molar-refractivity contribution is 5.76. The van der Waals surface area contributed by atoms with E-state index < -0.39 is 0 Å². The number of likely N-dealkylation sites (tertiary alicyclic amines) is 1. The number of hydrogen-bond donors (Lipinski definition) is 1. The van der Waals surface area contributed by atoms with E-state index in [1.807, 2.05) is 30.3 Å². The third-order valence-corrected chi connectivity index (χ3v) is 3.77. The lowest BCUT2D eigenvalue weighted by molar-refractivity contribution is -0.123. The van der Waals surface area contributed by atoms with Gasteiger partial charge in [-0.05, 0) is 19.4 Å². The number of carbonyl (C=O) groups is 1. The van der Waals surface area contributed by atoms with Gasteiger partial charge in [-0.2, -0.15) is 4.98 Å². The van der Waals surface area contributed by atoms with Crippen LogP contribution in [0.5, 0.6) is 0 Å². The summed E-state index contributed by atoms with van der Waals surface area (Å²) >= 11 is 0. The molecule has 0 unspecified atom stereocenters. The first kappa shape index (κ1) is 13.8. The molecule has 2 heterocycles. The van der Waals surface area contributed by atoms with E-state index in [0.29, 0.717) is 24.8 Å². The molecule has 3 rings (SSSR count). The topological polar surface area (TPSA) is 85.3 Å². The molecule has 1 atom stereocenters. The van der Waals surface area contributed by atoms with E-state index in [1.54, 1.807) is 0 Å². The van der Waals surface area contributed by atoms with Gasteiger partial charge in [0.15, 0.2) is 0 Å². The van der Waals surface area contributed by atoms with Crippen molar-refractivity contribution < 1.29 is 9.32 Å². The highest BCUT2D eigenvalue weighted by atomic mass is 16.5. The summed E-state index contributed by atoms with van der Waals surface area (Å²) in [6.07, 6.45) is 1.83. The summed E-state index contributed by atoms with van der Waals surface area (Å²) in [7, 11) is 0. The van der Waals surface area contributed by atoms with Crippen molar-refractivity contribution in [2.75, 3.05) is 13.1 Å². The van der Waals surface area contributed by atoms with Crippen molar-refractivity contribution >= 4 is 5.91 Å². The number of benzene rings is 1. The molecule has 1 amide bonds. The molecule has 0 spiro atoms. The van der Waals surface area contributed by atoms with Crippen LogP contribution in [0.25, 0.3) is 11.4 Å². The molecule has 2 aromatic rings. The summed E-state index contributed by atoms with van der Waals surface area (Å²) in [4.78, 5) is 17.8. The Bertz CT molecular complexity index is 611. The molecule has 0 aliphatic carbocycles. The van der Waals surface area contributed by atoms with Gasteiger partial charge in [-0.15, -0.1) is 0 Å². The molecule has 1 aliphatic rings. The summed E-state index contributed by atoms with van der Waals surface area (Å²) in [5.74, 6) is 0.860. The van der Waals surface area contributed by atoms with E-state index in [-0.39, 0.29) is 11.8 Å². The van der Waals surface area contributed by atoms with Crippen molar-refractivity contribution in [2.45, 2.75) is 19.4 Å². The van der Waals surface area contributed by atoms with Crippen molar-refractivity contribution in [1.29, 1.82) is 0 Å². The summed E-state index contributed by atoms with van der Waals surface area (Å²) in [6.45, 7) is 2.15. The van der Waals surface area contributed by atoms with Gasteiger partial charge in [0.2, 0.25) is 17.6 Å². The maximum absolute atomic E-state index is 11.3. The molecule has 6 heteroatoms. The second kappa shape index (κ2) is 6.05. The average molecular weight is 286 g/mol. The summed E-state index contributed by atoms with van der Waals surface area (Å²) in [5.41, 5.74) is 6.32. The highest BCUT2D eigenvalue weighted by Crippen LogP contribution is 2.19. The second-order valence-corrected chi connectivity index (χ2v) is 5.35. The van der Waals surface area contributed by atoms with Crippen molar-refractivity contribution in [3.8, 4) is 11.4 Å². The first-order chi connectivity index (χ1) is 10.2. The van der Waals surface area contributed by atoms with Crippen molar-refractivity contribution in [2.24, 2.45) is 11.7 Å². The fraction of sp³-hybridized carbons (Fsp3) is 0.400. The molecular formula is C15H18N4O2. The maximum Gasteiger partial charge on any atom is 0.241 e. The number of piperidine rings is 1. The van der Waals surface area contributed by atoms with E-state index in [9.17, 15) is 4.79 Å². The first-order valence-corrected chi connectivity index (χ1v) is 7.12. The number of amides is 1. The van der Waals surface area contributed by atoms with Crippen LogP contribution in [0.3, 0.4) is 0 Å². The highest BCUT2D eigenvalue weighted by Gasteiger charge is 2.25. The molecule has 1 aromatic heterocycles. The fourth-order valence-electron chi connectivity index (χ4n) is 2.65. The zero-order chi connectivity index (χ0) is 14.7. The zero-order valence-electron chi connectivity index (χ0n) is 11.7. The Morgan fingerprint density at radius 2 is 2.19 bits per heavy atom. The normalized spacial score (nSPS) is 19.5. The molecule has 0 radical (unpaired) electrons. The lowest BCUT2D eigenvalue weighted by atomic mass is 9.97. The van der Waals surface area contributed by atoms with Crippen molar-refractivity contribution in [1.82, 2.24) is 15.0 Å². The predicted molar refractivity (Wildman–Crippen MR) is 76.9 cm³/mol. The minimum Gasteiger partial charge on any atom is -0.369 e. The van der Waals surface area contributed by atoms with Gasteiger partial charge in [-0.1, -0.05) is 35.5 Å². The number of nitrogens with zero attached hydrogens (tertiary/aromatic N) is 3. The molecule has 1 aliphatic heterocycles. The van der Waals surface area contributed by atoms with Gasteiger partial charge in [-0.25, -0.2) is 0 Å². The Morgan fingerprint density at radius 1 is 1.38 bits per heavy atom. The summed E-state index contributed by atoms with van der Waals surface area (Å²) in [5, 5.41) is 4.00. The molecule has 110 valence electrons. The number of rotatable bonds is 4. The van der Waals surface area contributed by atoms with Crippen molar-refractivity contribution in [3.63, 3.8) is 0 Å². The van der Waals surface area contributed by atoms with Crippen LogP contribution in [0.1, 0.15) is 18.7 Å². The monoisotopic (exact) mass is 286 g/mol. The molecule has 0 saturated carbocycles. The predicted octanol–water partition coefficient (Wildman–Crippen LogP) is 1.43. The SMILES string of the molecule is NC(=O)[C@H]1CCCN(Cc2nc(-c3ccccc3)no2)C1. The molecule has 1 aromatic carbocycles.